The first-order chi connectivity index (χ1) is 13.8. The van der Waals surface area contributed by atoms with Gasteiger partial charge in [-0.15, -0.1) is 0 Å². The van der Waals surface area contributed by atoms with E-state index in [2.05, 4.69) is 9.71 Å². The van der Waals surface area contributed by atoms with Crippen molar-refractivity contribution in [2.24, 2.45) is 0 Å². The van der Waals surface area contributed by atoms with E-state index in [0.29, 0.717) is 23.6 Å². The maximum atomic E-state index is 12.6. The van der Waals surface area contributed by atoms with Gasteiger partial charge in [0.25, 0.3) is 10.0 Å². The molecular weight excluding hydrogens is 408 g/mol. The molecule has 0 spiro atoms. The number of carbonyl (C=O) groups is 1. The number of aryl methyl sites for hydroxylation is 2. The molecule has 0 atom stereocenters. The van der Waals surface area contributed by atoms with Crippen molar-refractivity contribution in [3.8, 4) is 0 Å². The normalized spacial score (nSPS) is 11.2. The minimum atomic E-state index is -3.74. The highest BCUT2D eigenvalue weighted by molar-refractivity contribution is 7.92. The summed E-state index contributed by atoms with van der Waals surface area (Å²) in [6.07, 6.45) is 4.77. The van der Waals surface area contributed by atoms with Crippen molar-refractivity contribution in [1.29, 1.82) is 0 Å². The van der Waals surface area contributed by atoms with Crippen molar-refractivity contribution in [1.82, 2.24) is 4.98 Å². The first-order valence-corrected chi connectivity index (χ1v) is 11.0. The van der Waals surface area contributed by atoms with Gasteiger partial charge >= 0.3 is 0 Å². The van der Waals surface area contributed by atoms with Gasteiger partial charge in [-0.25, -0.2) is 8.42 Å². The van der Waals surface area contributed by atoms with Crippen LogP contribution in [0.2, 0.25) is 5.02 Å². The van der Waals surface area contributed by atoms with Crippen LogP contribution in [0.1, 0.15) is 23.1 Å². The van der Waals surface area contributed by atoms with E-state index in [9.17, 15) is 13.2 Å². The van der Waals surface area contributed by atoms with Crippen molar-refractivity contribution in [3.63, 3.8) is 0 Å². The van der Waals surface area contributed by atoms with Crippen molar-refractivity contribution >= 4 is 33.1 Å². The van der Waals surface area contributed by atoms with Crippen LogP contribution in [0.4, 0.5) is 5.69 Å². The number of Topliss-reactive ketones (excluding diaryl/α,β-unsaturated/α-hetero) is 1. The van der Waals surface area contributed by atoms with E-state index < -0.39 is 10.0 Å². The fourth-order valence-corrected chi connectivity index (χ4v) is 4.13. The van der Waals surface area contributed by atoms with Crippen LogP contribution in [0.5, 0.6) is 0 Å². The zero-order valence-corrected chi connectivity index (χ0v) is 17.5. The molecule has 0 saturated heterocycles. The summed E-state index contributed by atoms with van der Waals surface area (Å²) in [5.41, 5.74) is 3.00. The summed E-state index contributed by atoms with van der Waals surface area (Å²) in [6.45, 7) is 1.80. The summed E-state index contributed by atoms with van der Waals surface area (Å²) < 4.78 is 27.8. The van der Waals surface area contributed by atoms with Crippen molar-refractivity contribution in [2.75, 3.05) is 4.72 Å². The molecule has 0 fully saturated rings. The summed E-state index contributed by atoms with van der Waals surface area (Å²) in [7, 11) is -3.74. The van der Waals surface area contributed by atoms with E-state index in [1.165, 1.54) is 12.1 Å². The Morgan fingerprint density at radius 3 is 2.52 bits per heavy atom. The number of aromatic nitrogens is 1. The van der Waals surface area contributed by atoms with Gasteiger partial charge in [0, 0.05) is 30.3 Å². The average molecular weight is 429 g/mol. The van der Waals surface area contributed by atoms with E-state index in [4.69, 9.17) is 11.6 Å². The van der Waals surface area contributed by atoms with Crippen LogP contribution >= 0.6 is 11.6 Å². The number of hydrogen-bond donors (Lipinski definition) is 1. The predicted octanol–water partition coefficient (Wildman–Crippen LogP) is 4.59. The molecule has 0 radical (unpaired) electrons. The van der Waals surface area contributed by atoms with Gasteiger partial charge in [0.05, 0.1) is 10.6 Å². The second-order valence-electron chi connectivity index (χ2n) is 6.79. The van der Waals surface area contributed by atoms with Crippen molar-refractivity contribution < 1.29 is 13.2 Å². The molecule has 29 heavy (non-hydrogen) atoms. The highest BCUT2D eigenvalue weighted by Crippen LogP contribution is 2.23. The second kappa shape index (κ2) is 9.20. The Morgan fingerprint density at radius 1 is 1.07 bits per heavy atom. The lowest BCUT2D eigenvalue weighted by molar-refractivity contribution is -0.118. The van der Waals surface area contributed by atoms with Crippen molar-refractivity contribution in [2.45, 2.75) is 31.1 Å². The first kappa shape index (κ1) is 21.0. The highest BCUT2D eigenvalue weighted by atomic mass is 35.5. The van der Waals surface area contributed by atoms with Crippen LogP contribution in [0.25, 0.3) is 0 Å². The molecule has 0 amide bonds. The Hall–Kier alpha value is -2.70. The van der Waals surface area contributed by atoms with Gasteiger partial charge in [0.15, 0.2) is 0 Å². The Morgan fingerprint density at radius 2 is 1.83 bits per heavy atom. The summed E-state index contributed by atoms with van der Waals surface area (Å²) >= 11 is 5.96. The van der Waals surface area contributed by atoms with Gasteiger partial charge in [0.2, 0.25) is 0 Å². The fourth-order valence-electron chi connectivity index (χ4n) is 2.84. The SMILES string of the molecule is Cc1ccc(Cl)cc1NS(=O)(=O)c1ccc(CC(=O)CCc2cccnc2)cc1. The number of ketones is 1. The third-order valence-corrected chi connectivity index (χ3v) is 6.11. The lowest BCUT2D eigenvalue weighted by Gasteiger charge is -2.11. The minimum Gasteiger partial charge on any atom is -0.299 e. The molecule has 3 aromatic rings. The molecule has 2 aromatic carbocycles. The molecule has 0 aliphatic carbocycles. The van der Waals surface area contributed by atoms with Gasteiger partial charge in [-0.2, -0.15) is 0 Å². The van der Waals surface area contributed by atoms with Crippen LogP contribution in [-0.2, 0) is 27.7 Å². The summed E-state index contributed by atoms with van der Waals surface area (Å²) in [4.78, 5) is 16.4. The number of pyridine rings is 1. The van der Waals surface area contributed by atoms with E-state index in [1.54, 1.807) is 49.6 Å². The van der Waals surface area contributed by atoms with Crippen LogP contribution in [0, 0.1) is 6.92 Å². The predicted molar refractivity (Wildman–Crippen MR) is 115 cm³/mol. The molecule has 0 bridgehead atoms. The van der Waals surface area contributed by atoms with E-state index in [0.717, 1.165) is 16.7 Å². The highest BCUT2D eigenvalue weighted by Gasteiger charge is 2.16. The van der Waals surface area contributed by atoms with E-state index in [-0.39, 0.29) is 17.1 Å². The van der Waals surface area contributed by atoms with E-state index in [1.807, 2.05) is 12.1 Å². The third kappa shape index (κ3) is 5.89. The number of halogens is 1. The van der Waals surface area contributed by atoms with Crippen LogP contribution in [0.3, 0.4) is 0 Å². The Bertz CT molecular complexity index is 1100. The number of benzene rings is 2. The maximum absolute atomic E-state index is 12.6. The average Bonchev–Trinajstić information content (AvgIpc) is 2.70. The minimum absolute atomic E-state index is 0.0946. The molecule has 0 aliphatic rings. The zero-order chi connectivity index (χ0) is 20.9. The molecule has 0 saturated carbocycles. The largest absolute Gasteiger partial charge is 0.299 e. The molecule has 150 valence electrons. The van der Waals surface area contributed by atoms with Gasteiger partial charge in [-0.05, 0) is 60.4 Å². The molecule has 1 aromatic heterocycles. The summed E-state index contributed by atoms with van der Waals surface area (Å²) in [6, 6.07) is 15.2. The number of rotatable bonds is 8. The van der Waals surface area contributed by atoms with E-state index >= 15 is 0 Å². The van der Waals surface area contributed by atoms with Crippen molar-refractivity contribution in [3.05, 3.63) is 88.7 Å². The monoisotopic (exact) mass is 428 g/mol. The first-order valence-electron chi connectivity index (χ1n) is 9.12. The van der Waals surface area contributed by atoms with Gasteiger partial charge in [-0.1, -0.05) is 35.9 Å². The molecule has 7 heteroatoms. The molecule has 3 rings (SSSR count). The van der Waals surface area contributed by atoms with Gasteiger partial charge < -0.3 is 0 Å². The number of nitrogens with one attached hydrogen (secondary N) is 1. The van der Waals surface area contributed by atoms with Gasteiger partial charge in [-0.3, -0.25) is 14.5 Å². The second-order valence-corrected chi connectivity index (χ2v) is 8.90. The number of nitrogens with zero attached hydrogens (tertiary/aromatic N) is 1. The Labute approximate surface area is 175 Å². The molecule has 1 heterocycles. The summed E-state index contributed by atoms with van der Waals surface area (Å²) in [5, 5.41) is 0.452. The number of sulfonamides is 1. The molecule has 0 aliphatic heterocycles. The number of hydrogen-bond acceptors (Lipinski definition) is 4. The zero-order valence-electron chi connectivity index (χ0n) is 15.9. The smallest absolute Gasteiger partial charge is 0.261 e. The molecule has 5 nitrogen and oxygen atoms in total. The van der Waals surface area contributed by atoms with Gasteiger partial charge in [0.1, 0.15) is 5.78 Å². The quantitative estimate of drug-likeness (QED) is 0.569. The lowest BCUT2D eigenvalue weighted by atomic mass is 10.0. The lowest BCUT2D eigenvalue weighted by Crippen LogP contribution is -2.14. The Kier molecular flexibility index (Phi) is 6.67. The Balaban J connectivity index is 1.63. The topological polar surface area (TPSA) is 76.1 Å². The van der Waals surface area contributed by atoms with Crippen LogP contribution in [0.15, 0.2) is 71.9 Å². The fraction of sp³-hybridized carbons (Fsp3) is 0.182. The molecule has 1 N–H and O–H groups in total. The molecular formula is C22H21ClN2O3S. The third-order valence-electron chi connectivity index (χ3n) is 4.49. The standard InChI is InChI=1S/C22H21ClN2O3S/c1-16-4-8-19(23)14-22(16)25-29(27,28)21-10-6-17(7-11-21)13-20(26)9-5-18-3-2-12-24-15-18/h2-4,6-8,10-12,14-15,25H,5,9,13H2,1H3. The number of anilines is 1. The maximum Gasteiger partial charge on any atom is 0.261 e. The summed E-state index contributed by atoms with van der Waals surface area (Å²) in [5.74, 6) is 0.0946. The van der Waals surface area contributed by atoms with Crippen LogP contribution in [-0.4, -0.2) is 19.2 Å². The molecule has 0 unspecified atom stereocenters. The van der Waals surface area contributed by atoms with Crippen LogP contribution < -0.4 is 4.72 Å². The number of carbonyl (C=O) groups excluding carboxylic acids is 1.